The van der Waals surface area contributed by atoms with Gasteiger partial charge in [0.05, 0.1) is 0 Å². The molecule has 2 atom stereocenters. The summed E-state index contributed by atoms with van der Waals surface area (Å²) in [5.74, 6) is 1.24. The third-order valence-electron chi connectivity index (χ3n) is 3.51. The molecular formula is C15H22N2OS. The first-order valence-electron chi connectivity index (χ1n) is 6.82. The van der Waals surface area contributed by atoms with Gasteiger partial charge in [-0.3, -0.25) is 4.79 Å². The zero-order valence-electron chi connectivity index (χ0n) is 11.8. The van der Waals surface area contributed by atoms with E-state index in [1.807, 2.05) is 30.8 Å². The summed E-state index contributed by atoms with van der Waals surface area (Å²) in [6, 6.07) is 6.69. The van der Waals surface area contributed by atoms with Gasteiger partial charge >= 0.3 is 0 Å². The van der Waals surface area contributed by atoms with Crippen LogP contribution in [0.5, 0.6) is 0 Å². The van der Waals surface area contributed by atoms with Gasteiger partial charge in [-0.05, 0) is 43.2 Å². The Kier molecular flexibility index (Phi) is 4.75. The molecule has 19 heavy (non-hydrogen) atoms. The second kappa shape index (κ2) is 6.33. The summed E-state index contributed by atoms with van der Waals surface area (Å²) < 4.78 is 0. The Morgan fingerprint density at radius 3 is 2.89 bits per heavy atom. The van der Waals surface area contributed by atoms with Gasteiger partial charge < -0.3 is 10.6 Å². The molecule has 1 fully saturated rings. The molecule has 1 saturated heterocycles. The molecule has 2 rings (SSSR count). The predicted molar refractivity (Wildman–Crippen MR) is 84.0 cm³/mol. The van der Waals surface area contributed by atoms with Gasteiger partial charge in [0.1, 0.15) is 0 Å². The molecular weight excluding hydrogens is 256 g/mol. The monoisotopic (exact) mass is 278 g/mol. The maximum Gasteiger partial charge on any atom is 0.221 e. The number of carbonyl (C=O) groups excluding carboxylic acids is 1. The Labute approximate surface area is 119 Å². The van der Waals surface area contributed by atoms with Crippen LogP contribution in [0.3, 0.4) is 0 Å². The SMILES string of the molecule is CC(=O)Nc1cc(NC2CCCSC2C)ccc1C. The zero-order chi connectivity index (χ0) is 13.8. The van der Waals surface area contributed by atoms with E-state index in [4.69, 9.17) is 0 Å². The van der Waals surface area contributed by atoms with Gasteiger partial charge in [-0.2, -0.15) is 11.8 Å². The van der Waals surface area contributed by atoms with Gasteiger partial charge in [0.2, 0.25) is 5.91 Å². The van der Waals surface area contributed by atoms with Crippen LogP contribution in [0.15, 0.2) is 18.2 Å². The average molecular weight is 278 g/mol. The van der Waals surface area contributed by atoms with Crippen LogP contribution in [0.2, 0.25) is 0 Å². The number of benzene rings is 1. The molecule has 2 N–H and O–H groups in total. The Hall–Kier alpha value is -1.16. The van der Waals surface area contributed by atoms with Crippen LogP contribution in [0.25, 0.3) is 0 Å². The fourth-order valence-electron chi connectivity index (χ4n) is 2.36. The first kappa shape index (κ1) is 14.3. The summed E-state index contributed by atoms with van der Waals surface area (Å²) in [5, 5.41) is 7.12. The standard InChI is InChI=1S/C15H22N2OS/c1-10-6-7-13(9-15(10)16-12(3)18)17-14-5-4-8-19-11(14)2/h6-7,9,11,14,17H,4-5,8H2,1-3H3,(H,16,18). The highest BCUT2D eigenvalue weighted by Crippen LogP contribution is 2.29. The van der Waals surface area contributed by atoms with Crippen LogP contribution < -0.4 is 10.6 Å². The van der Waals surface area contributed by atoms with Gasteiger partial charge in [0.25, 0.3) is 0 Å². The molecule has 1 amide bonds. The van der Waals surface area contributed by atoms with Crippen molar-refractivity contribution in [2.45, 2.75) is 44.9 Å². The van der Waals surface area contributed by atoms with Gasteiger partial charge in [0.15, 0.2) is 0 Å². The number of hydrogen-bond donors (Lipinski definition) is 2. The summed E-state index contributed by atoms with van der Waals surface area (Å²) in [7, 11) is 0. The minimum Gasteiger partial charge on any atom is -0.381 e. The quantitative estimate of drug-likeness (QED) is 0.886. The molecule has 1 heterocycles. The molecule has 1 aliphatic rings. The molecule has 0 bridgehead atoms. The highest BCUT2D eigenvalue weighted by atomic mass is 32.2. The normalized spacial score (nSPS) is 22.9. The number of nitrogens with one attached hydrogen (secondary N) is 2. The number of carbonyl (C=O) groups is 1. The van der Waals surface area contributed by atoms with Crippen molar-refractivity contribution in [1.82, 2.24) is 0 Å². The highest BCUT2D eigenvalue weighted by Gasteiger charge is 2.21. The molecule has 0 saturated carbocycles. The van der Waals surface area contributed by atoms with Crippen LogP contribution >= 0.6 is 11.8 Å². The largest absolute Gasteiger partial charge is 0.381 e. The number of aryl methyl sites for hydroxylation is 1. The van der Waals surface area contributed by atoms with E-state index in [1.165, 1.54) is 18.6 Å². The van der Waals surface area contributed by atoms with Crippen molar-refractivity contribution in [3.05, 3.63) is 23.8 Å². The number of amides is 1. The number of anilines is 2. The molecule has 0 spiro atoms. The molecule has 1 aliphatic heterocycles. The summed E-state index contributed by atoms with van der Waals surface area (Å²) in [5.41, 5.74) is 3.08. The van der Waals surface area contributed by atoms with Crippen LogP contribution in [0, 0.1) is 6.92 Å². The Bertz CT molecular complexity index is 461. The van der Waals surface area contributed by atoms with E-state index in [0.29, 0.717) is 11.3 Å². The fourth-order valence-corrected chi connectivity index (χ4v) is 3.50. The van der Waals surface area contributed by atoms with Gasteiger partial charge in [-0.1, -0.05) is 13.0 Å². The number of hydrogen-bond acceptors (Lipinski definition) is 3. The molecule has 1 aromatic carbocycles. The van der Waals surface area contributed by atoms with Crippen molar-refractivity contribution in [3.8, 4) is 0 Å². The lowest BCUT2D eigenvalue weighted by Gasteiger charge is -2.30. The average Bonchev–Trinajstić information content (AvgIpc) is 2.35. The van der Waals surface area contributed by atoms with Gasteiger partial charge in [0, 0.05) is 29.6 Å². The van der Waals surface area contributed by atoms with Crippen LogP contribution in [-0.2, 0) is 4.79 Å². The van der Waals surface area contributed by atoms with E-state index in [9.17, 15) is 4.79 Å². The van der Waals surface area contributed by atoms with E-state index in [2.05, 4.69) is 23.6 Å². The van der Waals surface area contributed by atoms with Crippen LogP contribution in [0.1, 0.15) is 32.3 Å². The van der Waals surface area contributed by atoms with Crippen LogP contribution in [-0.4, -0.2) is 23.0 Å². The molecule has 104 valence electrons. The van der Waals surface area contributed by atoms with Gasteiger partial charge in [-0.25, -0.2) is 0 Å². The lowest BCUT2D eigenvalue weighted by atomic mass is 10.1. The zero-order valence-corrected chi connectivity index (χ0v) is 12.6. The second-order valence-electron chi connectivity index (χ2n) is 5.18. The molecule has 1 aromatic rings. The lowest BCUT2D eigenvalue weighted by Crippen LogP contribution is -2.32. The Balaban J connectivity index is 2.09. The van der Waals surface area contributed by atoms with Crippen LogP contribution in [0.4, 0.5) is 11.4 Å². The Morgan fingerprint density at radius 1 is 1.42 bits per heavy atom. The van der Waals surface area contributed by atoms with E-state index < -0.39 is 0 Å². The van der Waals surface area contributed by atoms with Crippen molar-refractivity contribution in [2.24, 2.45) is 0 Å². The molecule has 0 radical (unpaired) electrons. The number of rotatable bonds is 3. The van der Waals surface area contributed by atoms with Crippen molar-refractivity contribution in [3.63, 3.8) is 0 Å². The van der Waals surface area contributed by atoms with Crippen molar-refractivity contribution in [2.75, 3.05) is 16.4 Å². The lowest BCUT2D eigenvalue weighted by molar-refractivity contribution is -0.114. The summed E-state index contributed by atoms with van der Waals surface area (Å²) >= 11 is 2.03. The third kappa shape index (κ3) is 3.90. The second-order valence-corrected chi connectivity index (χ2v) is 6.67. The highest BCUT2D eigenvalue weighted by molar-refractivity contribution is 8.00. The smallest absolute Gasteiger partial charge is 0.221 e. The summed E-state index contributed by atoms with van der Waals surface area (Å²) in [6.45, 7) is 5.83. The Morgan fingerprint density at radius 2 is 2.21 bits per heavy atom. The van der Waals surface area contributed by atoms with E-state index in [-0.39, 0.29) is 5.91 Å². The predicted octanol–water partition coefficient (Wildman–Crippen LogP) is 3.65. The molecule has 2 unspecified atom stereocenters. The number of thioether (sulfide) groups is 1. The first-order chi connectivity index (χ1) is 9.06. The van der Waals surface area contributed by atoms with E-state index >= 15 is 0 Å². The fraction of sp³-hybridized carbons (Fsp3) is 0.533. The maximum atomic E-state index is 11.2. The van der Waals surface area contributed by atoms with Crippen molar-refractivity contribution >= 4 is 29.0 Å². The summed E-state index contributed by atoms with van der Waals surface area (Å²) in [6.07, 6.45) is 2.49. The van der Waals surface area contributed by atoms with E-state index in [0.717, 1.165) is 16.9 Å². The molecule has 0 aromatic heterocycles. The third-order valence-corrected chi connectivity index (χ3v) is 4.89. The van der Waals surface area contributed by atoms with E-state index in [1.54, 1.807) is 6.92 Å². The van der Waals surface area contributed by atoms with Crippen molar-refractivity contribution in [1.29, 1.82) is 0 Å². The summed E-state index contributed by atoms with van der Waals surface area (Å²) in [4.78, 5) is 11.2. The molecule has 0 aliphatic carbocycles. The minimum absolute atomic E-state index is 0.0261. The topological polar surface area (TPSA) is 41.1 Å². The maximum absolute atomic E-state index is 11.2. The molecule has 4 heteroatoms. The van der Waals surface area contributed by atoms with Gasteiger partial charge in [-0.15, -0.1) is 0 Å². The van der Waals surface area contributed by atoms with Crippen molar-refractivity contribution < 1.29 is 4.79 Å². The minimum atomic E-state index is -0.0261. The molecule has 3 nitrogen and oxygen atoms in total. The first-order valence-corrected chi connectivity index (χ1v) is 7.87.